The third-order valence-corrected chi connectivity index (χ3v) is 5.72. The van der Waals surface area contributed by atoms with E-state index in [-0.39, 0.29) is 37.8 Å². The van der Waals surface area contributed by atoms with E-state index in [2.05, 4.69) is 5.32 Å². The average Bonchev–Trinajstić information content (AvgIpc) is 3.07. The first-order valence-electron chi connectivity index (χ1n) is 9.73. The van der Waals surface area contributed by atoms with Crippen LogP contribution in [0.15, 0.2) is 48.5 Å². The Bertz CT molecular complexity index is 888. The number of carbonyl (C=O) groups excluding carboxylic acids is 1. The van der Waals surface area contributed by atoms with Crippen LogP contribution in [-0.2, 0) is 4.79 Å². The highest BCUT2D eigenvalue weighted by atomic mass is 19.3. The van der Waals surface area contributed by atoms with E-state index in [1.165, 1.54) is 12.1 Å². The molecule has 1 unspecified atom stereocenters. The Morgan fingerprint density at radius 3 is 2.62 bits per heavy atom. The number of halogens is 3. The number of hydrogen-bond acceptors (Lipinski definition) is 3. The number of hydrogen-bond donors (Lipinski definition) is 1. The van der Waals surface area contributed by atoms with Crippen LogP contribution in [0.1, 0.15) is 36.4 Å². The van der Waals surface area contributed by atoms with E-state index in [4.69, 9.17) is 4.74 Å². The zero-order valence-corrected chi connectivity index (χ0v) is 16.1. The lowest BCUT2D eigenvalue weighted by atomic mass is 9.93. The van der Waals surface area contributed by atoms with Gasteiger partial charge < -0.3 is 10.1 Å². The summed E-state index contributed by atoms with van der Waals surface area (Å²) in [7, 11) is 0. The van der Waals surface area contributed by atoms with Gasteiger partial charge in [0, 0.05) is 18.5 Å². The molecule has 2 aliphatic heterocycles. The number of para-hydroxylation sites is 1. The van der Waals surface area contributed by atoms with E-state index in [0.717, 1.165) is 5.56 Å². The quantitative estimate of drug-likeness (QED) is 0.841. The summed E-state index contributed by atoms with van der Waals surface area (Å²) in [6.07, 6.45) is -0.195. The zero-order valence-electron chi connectivity index (χ0n) is 16.1. The van der Waals surface area contributed by atoms with Gasteiger partial charge in [-0.15, -0.1) is 0 Å². The Morgan fingerprint density at radius 1 is 1.21 bits per heavy atom. The van der Waals surface area contributed by atoms with Crippen molar-refractivity contribution in [1.29, 1.82) is 0 Å². The highest BCUT2D eigenvalue weighted by Crippen LogP contribution is 2.40. The van der Waals surface area contributed by atoms with Crippen LogP contribution in [-0.4, -0.2) is 42.5 Å². The van der Waals surface area contributed by atoms with Crippen LogP contribution in [0, 0.1) is 5.82 Å². The van der Waals surface area contributed by atoms with Gasteiger partial charge in [0.05, 0.1) is 24.5 Å². The summed E-state index contributed by atoms with van der Waals surface area (Å²) in [5.74, 6) is -3.20. The van der Waals surface area contributed by atoms with Crippen LogP contribution < -0.4 is 10.1 Å². The van der Waals surface area contributed by atoms with E-state index < -0.39 is 23.9 Å². The van der Waals surface area contributed by atoms with Gasteiger partial charge in [0.25, 0.3) is 5.92 Å². The lowest BCUT2D eigenvalue weighted by Gasteiger charge is -2.39. The zero-order chi connectivity index (χ0) is 20.6. The molecule has 1 saturated heterocycles. The summed E-state index contributed by atoms with van der Waals surface area (Å²) in [6, 6.07) is 12.3. The van der Waals surface area contributed by atoms with Gasteiger partial charge in [-0.05, 0) is 30.7 Å². The van der Waals surface area contributed by atoms with E-state index in [1.807, 2.05) is 24.3 Å². The molecule has 7 heteroatoms. The SMILES string of the molecule is CC(C(=O)N[C@@H]1COc2ccccc2[C@H]1N1CCC(F)(F)C1)c1ccc(F)cc1. The Morgan fingerprint density at radius 2 is 1.93 bits per heavy atom. The molecule has 2 heterocycles. The van der Waals surface area contributed by atoms with Crippen molar-refractivity contribution in [3.8, 4) is 5.75 Å². The van der Waals surface area contributed by atoms with E-state index in [9.17, 15) is 18.0 Å². The summed E-state index contributed by atoms with van der Waals surface area (Å²) in [5, 5.41) is 2.98. The fourth-order valence-corrected chi connectivity index (χ4v) is 4.13. The van der Waals surface area contributed by atoms with Crippen LogP contribution in [0.3, 0.4) is 0 Å². The fraction of sp³-hybridized carbons (Fsp3) is 0.409. The largest absolute Gasteiger partial charge is 0.491 e. The molecule has 0 radical (unpaired) electrons. The van der Waals surface area contributed by atoms with Crippen molar-refractivity contribution >= 4 is 5.91 Å². The second kappa shape index (κ2) is 7.71. The molecule has 1 N–H and O–H groups in total. The number of benzene rings is 2. The van der Waals surface area contributed by atoms with Gasteiger partial charge in [0.15, 0.2) is 0 Å². The summed E-state index contributed by atoms with van der Waals surface area (Å²) >= 11 is 0. The van der Waals surface area contributed by atoms with Crippen molar-refractivity contribution in [3.63, 3.8) is 0 Å². The average molecular weight is 404 g/mol. The van der Waals surface area contributed by atoms with Crippen molar-refractivity contribution in [3.05, 3.63) is 65.5 Å². The minimum Gasteiger partial charge on any atom is -0.491 e. The number of likely N-dealkylation sites (tertiary alicyclic amines) is 1. The van der Waals surface area contributed by atoms with Gasteiger partial charge in [-0.25, -0.2) is 13.2 Å². The molecule has 0 aromatic heterocycles. The Balaban J connectivity index is 1.56. The number of nitrogens with zero attached hydrogens (tertiary/aromatic N) is 1. The lowest BCUT2D eigenvalue weighted by Crippen LogP contribution is -2.52. The predicted molar refractivity (Wildman–Crippen MR) is 103 cm³/mol. The lowest BCUT2D eigenvalue weighted by molar-refractivity contribution is -0.124. The van der Waals surface area contributed by atoms with Crippen molar-refractivity contribution in [2.75, 3.05) is 19.7 Å². The molecule has 1 amide bonds. The number of ether oxygens (including phenoxy) is 1. The Labute approximate surface area is 167 Å². The number of rotatable bonds is 4. The summed E-state index contributed by atoms with van der Waals surface area (Å²) in [5.41, 5.74) is 1.49. The molecular formula is C22H23F3N2O2. The molecule has 2 aliphatic rings. The van der Waals surface area contributed by atoms with Gasteiger partial charge in [-0.1, -0.05) is 30.3 Å². The topological polar surface area (TPSA) is 41.6 Å². The molecular weight excluding hydrogens is 381 g/mol. The highest BCUT2D eigenvalue weighted by Gasteiger charge is 2.45. The maximum Gasteiger partial charge on any atom is 0.261 e. The molecule has 0 bridgehead atoms. The summed E-state index contributed by atoms with van der Waals surface area (Å²) in [6.45, 7) is 1.85. The number of amides is 1. The number of alkyl halides is 2. The van der Waals surface area contributed by atoms with Crippen molar-refractivity contribution in [1.82, 2.24) is 10.2 Å². The molecule has 3 atom stereocenters. The maximum absolute atomic E-state index is 13.9. The molecule has 29 heavy (non-hydrogen) atoms. The van der Waals surface area contributed by atoms with Crippen LogP contribution in [0.25, 0.3) is 0 Å². The Hall–Kier alpha value is -2.54. The second-order valence-corrected chi connectivity index (χ2v) is 7.76. The third kappa shape index (κ3) is 4.10. The molecule has 2 aromatic rings. The molecule has 4 rings (SSSR count). The van der Waals surface area contributed by atoms with Gasteiger partial charge >= 0.3 is 0 Å². The third-order valence-electron chi connectivity index (χ3n) is 5.72. The number of nitrogens with one attached hydrogen (secondary N) is 1. The maximum atomic E-state index is 13.9. The van der Waals surface area contributed by atoms with Gasteiger partial charge in [-0.3, -0.25) is 9.69 Å². The molecule has 4 nitrogen and oxygen atoms in total. The predicted octanol–water partition coefficient (Wildman–Crippen LogP) is 3.89. The highest BCUT2D eigenvalue weighted by molar-refractivity contribution is 5.83. The molecule has 154 valence electrons. The van der Waals surface area contributed by atoms with Gasteiger partial charge in [-0.2, -0.15) is 0 Å². The van der Waals surface area contributed by atoms with Crippen LogP contribution in [0.4, 0.5) is 13.2 Å². The first-order chi connectivity index (χ1) is 13.8. The van der Waals surface area contributed by atoms with Crippen molar-refractivity contribution < 1.29 is 22.7 Å². The molecule has 0 spiro atoms. The van der Waals surface area contributed by atoms with Crippen molar-refractivity contribution in [2.24, 2.45) is 0 Å². The van der Waals surface area contributed by atoms with E-state index in [1.54, 1.807) is 24.0 Å². The molecule has 0 aliphatic carbocycles. The minimum absolute atomic E-state index is 0.195. The van der Waals surface area contributed by atoms with Crippen LogP contribution in [0.5, 0.6) is 5.75 Å². The van der Waals surface area contributed by atoms with Gasteiger partial charge in [0.1, 0.15) is 18.2 Å². The van der Waals surface area contributed by atoms with Crippen LogP contribution >= 0.6 is 0 Å². The minimum atomic E-state index is -2.73. The summed E-state index contributed by atoms with van der Waals surface area (Å²) < 4.78 is 46.8. The monoisotopic (exact) mass is 404 g/mol. The van der Waals surface area contributed by atoms with Crippen LogP contribution in [0.2, 0.25) is 0 Å². The Kier molecular flexibility index (Phi) is 5.25. The summed E-state index contributed by atoms with van der Waals surface area (Å²) in [4.78, 5) is 14.6. The van der Waals surface area contributed by atoms with Crippen molar-refractivity contribution in [2.45, 2.75) is 37.3 Å². The molecule has 0 saturated carbocycles. The molecule has 2 aromatic carbocycles. The smallest absolute Gasteiger partial charge is 0.261 e. The van der Waals surface area contributed by atoms with Gasteiger partial charge in [0.2, 0.25) is 5.91 Å². The standard InChI is InChI=1S/C22H23F3N2O2/c1-14(15-6-8-16(23)9-7-15)21(28)26-18-12-29-19-5-3-2-4-17(19)20(18)27-11-10-22(24,25)13-27/h2-9,14,18,20H,10-13H2,1H3,(H,26,28)/t14?,18-,20-/m1/s1. The number of carbonyl (C=O) groups is 1. The van der Waals surface area contributed by atoms with E-state index >= 15 is 0 Å². The normalized spacial score (nSPS) is 24.4. The fourth-order valence-electron chi connectivity index (χ4n) is 4.13. The first kappa shape index (κ1) is 19.8. The number of fused-ring (bicyclic) bond motifs is 1. The first-order valence-corrected chi connectivity index (χ1v) is 9.73. The molecule has 1 fully saturated rings. The second-order valence-electron chi connectivity index (χ2n) is 7.76. The van der Waals surface area contributed by atoms with E-state index in [0.29, 0.717) is 11.3 Å².